The maximum absolute atomic E-state index is 14.4. The number of hydrogen-bond donors (Lipinski definition) is 2. The monoisotopic (exact) mass is 691 g/mol. The van der Waals surface area contributed by atoms with Crippen molar-refractivity contribution in [1.82, 2.24) is 24.5 Å². The highest BCUT2D eigenvalue weighted by molar-refractivity contribution is 6.30. The van der Waals surface area contributed by atoms with Crippen molar-refractivity contribution in [3.63, 3.8) is 0 Å². The van der Waals surface area contributed by atoms with Crippen LogP contribution in [0.15, 0.2) is 66.9 Å². The van der Waals surface area contributed by atoms with Gasteiger partial charge < -0.3 is 19.7 Å². The van der Waals surface area contributed by atoms with E-state index >= 15 is 0 Å². The maximum atomic E-state index is 14.4. The number of halogens is 7. The molecule has 2 aliphatic rings. The Balaban J connectivity index is 1.38. The summed E-state index contributed by atoms with van der Waals surface area (Å²) in [6.07, 6.45) is -9.96. The molecule has 48 heavy (non-hydrogen) atoms. The van der Waals surface area contributed by atoms with Gasteiger partial charge in [-0.15, -0.1) is 0 Å². The molecule has 0 radical (unpaired) electrons. The van der Waals surface area contributed by atoms with Gasteiger partial charge in [0.2, 0.25) is 0 Å². The highest BCUT2D eigenvalue weighted by Crippen LogP contribution is 2.45. The highest BCUT2D eigenvalue weighted by Gasteiger charge is 2.55. The average Bonchev–Trinajstić information content (AvgIpc) is 3.76. The molecule has 4 unspecified atom stereocenters. The summed E-state index contributed by atoms with van der Waals surface area (Å²) in [6.45, 7) is 1.23. The Kier molecular flexibility index (Phi) is 8.07. The van der Waals surface area contributed by atoms with E-state index in [0.29, 0.717) is 5.56 Å². The minimum absolute atomic E-state index is 0.0223. The molecule has 0 bridgehead atoms. The Labute approximate surface area is 272 Å². The van der Waals surface area contributed by atoms with Crippen LogP contribution in [0.1, 0.15) is 29.4 Å². The highest BCUT2D eigenvalue weighted by atomic mass is 35.5. The van der Waals surface area contributed by atoms with Crippen LogP contribution in [-0.4, -0.2) is 65.8 Å². The van der Waals surface area contributed by atoms with E-state index in [0.717, 1.165) is 35.0 Å². The van der Waals surface area contributed by atoms with Crippen LogP contribution < -0.4 is 0 Å². The van der Waals surface area contributed by atoms with E-state index in [-0.39, 0.29) is 40.1 Å². The van der Waals surface area contributed by atoms with Crippen LogP contribution in [-0.2, 0) is 15.7 Å². The van der Waals surface area contributed by atoms with Gasteiger partial charge in [-0.2, -0.15) is 23.4 Å². The Morgan fingerprint density at radius 1 is 0.917 bits per heavy atom. The first-order chi connectivity index (χ1) is 22.8. The second kappa shape index (κ2) is 12.0. The number of nitrogens with zero attached hydrogens (tertiary/aromatic N) is 5. The molecular weight excluding hydrogens is 668 g/mol. The van der Waals surface area contributed by atoms with Crippen molar-refractivity contribution >= 4 is 11.6 Å². The summed E-state index contributed by atoms with van der Waals surface area (Å²) in [5.41, 5.74) is -0.735. The number of aryl methyl sites for hydroxylation is 1. The average molecular weight is 692 g/mol. The normalized spacial score (nSPS) is 24.2. The summed E-state index contributed by atoms with van der Waals surface area (Å²) in [7, 11) is 0. The Morgan fingerprint density at radius 2 is 1.62 bits per heavy atom. The Bertz CT molecular complexity index is 1980. The third-order valence-electron chi connectivity index (χ3n) is 8.33. The van der Waals surface area contributed by atoms with Crippen molar-refractivity contribution in [2.75, 3.05) is 6.61 Å². The molecule has 250 valence electrons. The first kappa shape index (κ1) is 32.3. The molecule has 2 fully saturated rings. The predicted molar refractivity (Wildman–Crippen MR) is 157 cm³/mol. The van der Waals surface area contributed by atoms with Gasteiger partial charge in [-0.05, 0) is 42.8 Å². The van der Waals surface area contributed by atoms with Crippen LogP contribution >= 0.6 is 11.6 Å². The van der Waals surface area contributed by atoms with Crippen molar-refractivity contribution in [1.29, 1.82) is 0 Å². The second-order valence-corrected chi connectivity index (χ2v) is 11.9. The summed E-state index contributed by atoms with van der Waals surface area (Å²) in [5.74, 6) is -4.70. The molecule has 9 nitrogen and oxygen atoms in total. The van der Waals surface area contributed by atoms with E-state index in [1.165, 1.54) is 17.8 Å². The molecule has 2 N–H and O–H groups in total. The molecule has 16 heteroatoms. The number of aromatic nitrogens is 5. The third-order valence-corrected chi connectivity index (χ3v) is 8.56. The standard InChI is InChI=1S/C32H24ClF6N5O4/c1-14-40-31(44(41-14)22-11-17(33)7-8-19(22)32(37,38)39)30-27(46)26(29-28(48-30)23(45)13-47-29)43-12-18(16-9-20(34)24(36)21(35)10-16)25(42-43)15-5-3-2-4-6-15/h2-12,23,26-30,45-46H,13H2,1H3/t23?,26?,27?,28?,29-,30-/m1/s1. The summed E-state index contributed by atoms with van der Waals surface area (Å²) < 4.78 is 99.2. The lowest BCUT2D eigenvalue weighted by Gasteiger charge is -2.41. The molecule has 2 aromatic heterocycles. The fourth-order valence-electron chi connectivity index (χ4n) is 6.21. The van der Waals surface area contributed by atoms with Crippen LogP contribution in [0.5, 0.6) is 0 Å². The van der Waals surface area contributed by atoms with Crippen LogP contribution in [0.3, 0.4) is 0 Å². The lowest BCUT2D eigenvalue weighted by Crippen LogP contribution is -2.52. The zero-order valence-corrected chi connectivity index (χ0v) is 25.4. The lowest BCUT2D eigenvalue weighted by molar-refractivity contribution is -0.196. The summed E-state index contributed by atoms with van der Waals surface area (Å²) in [4.78, 5) is 4.31. The van der Waals surface area contributed by atoms with Crippen molar-refractivity contribution < 1.29 is 46.0 Å². The van der Waals surface area contributed by atoms with Crippen LogP contribution in [0.25, 0.3) is 28.1 Å². The smallest absolute Gasteiger partial charge is 0.388 e. The van der Waals surface area contributed by atoms with Crippen molar-refractivity contribution in [3.05, 3.63) is 107 Å². The second-order valence-electron chi connectivity index (χ2n) is 11.4. The molecule has 3 aromatic carbocycles. The minimum atomic E-state index is -4.81. The molecule has 2 saturated heterocycles. The van der Waals surface area contributed by atoms with Gasteiger partial charge in [0.1, 0.15) is 48.1 Å². The fourth-order valence-corrected chi connectivity index (χ4v) is 6.38. The number of aliphatic hydroxyl groups is 2. The first-order valence-electron chi connectivity index (χ1n) is 14.5. The molecule has 6 atom stereocenters. The van der Waals surface area contributed by atoms with Crippen molar-refractivity contribution in [2.45, 2.75) is 49.7 Å². The maximum Gasteiger partial charge on any atom is 0.418 e. The quantitative estimate of drug-likeness (QED) is 0.172. The van der Waals surface area contributed by atoms with Gasteiger partial charge in [-0.1, -0.05) is 41.9 Å². The van der Waals surface area contributed by atoms with Crippen molar-refractivity contribution in [3.8, 4) is 28.1 Å². The van der Waals surface area contributed by atoms with Crippen molar-refractivity contribution in [2.24, 2.45) is 0 Å². The molecule has 0 saturated carbocycles. The molecule has 0 spiro atoms. The molecule has 4 heterocycles. The van der Waals surface area contributed by atoms with Crippen LogP contribution in [0.2, 0.25) is 5.02 Å². The lowest BCUT2D eigenvalue weighted by atomic mass is 9.91. The number of aliphatic hydroxyl groups excluding tert-OH is 2. The number of ether oxygens (including phenoxy) is 2. The van der Waals surface area contributed by atoms with Gasteiger partial charge in [0, 0.05) is 22.3 Å². The zero-order chi connectivity index (χ0) is 34.1. The van der Waals surface area contributed by atoms with E-state index in [1.54, 1.807) is 30.3 Å². The van der Waals surface area contributed by atoms with Gasteiger partial charge in [0.15, 0.2) is 23.3 Å². The van der Waals surface area contributed by atoms with E-state index in [4.69, 9.17) is 21.1 Å². The summed E-state index contributed by atoms with van der Waals surface area (Å²) in [5, 5.41) is 31.6. The first-order valence-corrected chi connectivity index (χ1v) is 14.9. The van der Waals surface area contributed by atoms with Crippen LogP contribution in [0.4, 0.5) is 26.3 Å². The number of benzene rings is 3. The Hall–Kier alpha value is -4.28. The molecule has 2 aliphatic heterocycles. The molecule has 7 rings (SSSR count). The molecule has 0 amide bonds. The van der Waals surface area contributed by atoms with Gasteiger partial charge in [-0.3, -0.25) is 4.68 Å². The number of fused-ring (bicyclic) bond motifs is 1. The molecule has 0 aliphatic carbocycles. The minimum Gasteiger partial charge on any atom is -0.388 e. The van der Waals surface area contributed by atoms with E-state index in [1.807, 2.05) is 0 Å². The third kappa shape index (κ3) is 5.54. The number of rotatable bonds is 5. The van der Waals surface area contributed by atoms with Gasteiger partial charge in [0.05, 0.1) is 17.9 Å². The van der Waals surface area contributed by atoms with Gasteiger partial charge >= 0.3 is 6.18 Å². The van der Waals surface area contributed by atoms with Crippen LogP contribution in [0, 0.1) is 24.4 Å². The molecular formula is C32H24ClF6N5O4. The van der Waals surface area contributed by atoms with Gasteiger partial charge in [-0.25, -0.2) is 22.8 Å². The zero-order valence-electron chi connectivity index (χ0n) is 24.6. The van der Waals surface area contributed by atoms with E-state index in [9.17, 15) is 36.6 Å². The van der Waals surface area contributed by atoms with Gasteiger partial charge in [0.25, 0.3) is 0 Å². The largest absolute Gasteiger partial charge is 0.418 e. The Morgan fingerprint density at radius 3 is 2.31 bits per heavy atom. The van der Waals surface area contributed by atoms with E-state index < -0.39 is 71.4 Å². The summed E-state index contributed by atoms with van der Waals surface area (Å²) in [6, 6.07) is 11.9. The SMILES string of the molecule is Cc1nc([C@@H]2OC3C(O)CO[C@@H]3C(n3cc(-c4cc(F)c(F)c(F)c4)c(-c4ccccc4)n3)C2O)n(-c2cc(Cl)ccc2C(F)(F)F)n1. The fraction of sp³-hybridized carbons (Fsp3) is 0.281. The number of hydrogen-bond acceptors (Lipinski definition) is 7. The number of alkyl halides is 3. The topological polar surface area (TPSA) is 107 Å². The van der Waals surface area contributed by atoms with E-state index in [2.05, 4.69) is 15.2 Å². The summed E-state index contributed by atoms with van der Waals surface area (Å²) >= 11 is 6.09. The molecule has 5 aromatic rings. The predicted octanol–water partition coefficient (Wildman–Crippen LogP) is 6.00.